The number of aryl methyl sites for hydroxylation is 1. The predicted molar refractivity (Wildman–Crippen MR) is 104 cm³/mol. The van der Waals surface area contributed by atoms with Gasteiger partial charge in [0.2, 0.25) is 5.91 Å². The highest BCUT2D eigenvalue weighted by atomic mass is 16.5. The van der Waals surface area contributed by atoms with Crippen LogP contribution in [0.4, 0.5) is 6.01 Å². The Morgan fingerprint density at radius 3 is 2.86 bits per heavy atom. The van der Waals surface area contributed by atoms with Crippen LogP contribution in [0, 0.1) is 0 Å². The van der Waals surface area contributed by atoms with Gasteiger partial charge in [-0.15, -0.1) is 6.58 Å². The number of methoxy groups -OCH3 is 1. The van der Waals surface area contributed by atoms with Gasteiger partial charge in [-0.3, -0.25) is 9.69 Å². The van der Waals surface area contributed by atoms with Crippen molar-refractivity contribution in [3.05, 3.63) is 54.6 Å². The molecule has 8 heteroatoms. The SMILES string of the molecule is C=CCCCN(C(=O)Cc1cn(C)c2ccccc12)c1nnc(C(=O)OC)o1. The average Bonchev–Trinajstić information content (AvgIpc) is 3.30. The van der Waals surface area contributed by atoms with Crippen LogP contribution in [-0.4, -0.2) is 40.3 Å². The number of amides is 1. The predicted octanol–water partition coefficient (Wildman–Crippen LogP) is 2.89. The molecule has 2 heterocycles. The zero-order valence-electron chi connectivity index (χ0n) is 15.9. The first-order valence-corrected chi connectivity index (χ1v) is 8.91. The smallest absolute Gasteiger partial charge is 0.396 e. The molecule has 0 aliphatic heterocycles. The number of esters is 1. The van der Waals surface area contributed by atoms with Crippen molar-refractivity contribution in [2.45, 2.75) is 19.3 Å². The van der Waals surface area contributed by atoms with E-state index in [0.29, 0.717) is 13.0 Å². The van der Waals surface area contributed by atoms with Gasteiger partial charge in [-0.05, 0) is 24.5 Å². The Morgan fingerprint density at radius 1 is 1.32 bits per heavy atom. The lowest BCUT2D eigenvalue weighted by Gasteiger charge is -2.17. The van der Waals surface area contributed by atoms with Gasteiger partial charge in [-0.2, -0.15) is 0 Å². The van der Waals surface area contributed by atoms with E-state index in [-0.39, 0.29) is 24.2 Å². The van der Waals surface area contributed by atoms with Crippen LogP contribution in [0.5, 0.6) is 0 Å². The van der Waals surface area contributed by atoms with Crippen LogP contribution in [-0.2, 0) is 23.0 Å². The maximum atomic E-state index is 13.1. The molecule has 0 N–H and O–H groups in total. The summed E-state index contributed by atoms with van der Waals surface area (Å²) in [7, 11) is 3.17. The van der Waals surface area contributed by atoms with Crippen molar-refractivity contribution in [1.29, 1.82) is 0 Å². The van der Waals surface area contributed by atoms with E-state index < -0.39 is 5.97 Å². The topological polar surface area (TPSA) is 90.5 Å². The van der Waals surface area contributed by atoms with Gasteiger partial charge >= 0.3 is 17.9 Å². The number of carbonyl (C=O) groups excluding carboxylic acids is 2. The highest BCUT2D eigenvalue weighted by molar-refractivity contribution is 5.96. The number of fused-ring (bicyclic) bond motifs is 1. The van der Waals surface area contributed by atoms with Crippen molar-refractivity contribution in [3.8, 4) is 0 Å². The van der Waals surface area contributed by atoms with Gasteiger partial charge in [0.15, 0.2) is 0 Å². The summed E-state index contributed by atoms with van der Waals surface area (Å²) in [4.78, 5) is 26.0. The van der Waals surface area contributed by atoms with Gasteiger partial charge in [-0.25, -0.2) is 4.79 Å². The van der Waals surface area contributed by atoms with Crippen LogP contribution in [0.25, 0.3) is 10.9 Å². The third kappa shape index (κ3) is 3.95. The molecule has 8 nitrogen and oxygen atoms in total. The second-order valence-corrected chi connectivity index (χ2v) is 6.32. The molecule has 0 radical (unpaired) electrons. The number of benzene rings is 1. The molecule has 3 rings (SSSR count). The van der Waals surface area contributed by atoms with Crippen molar-refractivity contribution in [1.82, 2.24) is 14.8 Å². The van der Waals surface area contributed by atoms with Crippen LogP contribution in [0.3, 0.4) is 0 Å². The molecule has 0 spiro atoms. The van der Waals surface area contributed by atoms with Gasteiger partial charge < -0.3 is 13.7 Å². The van der Waals surface area contributed by atoms with E-state index in [0.717, 1.165) is 22.9 Å². The zero-order valence-corrected chi connectivity index (χ0v) is 15.9. The van der Waals surface area contributed by atoms with Crippen LogP contribution >= 0.6 is 0 Å². The summed E-state index contributed by atoms with van der Waals surface area (Å²) in [6.07, 6.45) is 5.31. The largest absolute Gasteiger partial charge is 0.462 e. The molecule has 0 aliphatic carbocycles. The van der Waals surface area contributed by atoms with E-state index in [1.165, 1.54) is 12.0 Å². The number of para-hydroxylation sites is 1. The Morgan fingerprint density at radius 2 is 2.11 bits per heavy atom. The number of rotatable bonds is 8. The Hall–Kier alpha value is -3.42. The van der Waals surface area contributed by atoms with E-state index in [1.54, 1.807) is 6.08 Å². The van der Waals surface area contributed by atoms with E-state index in [9.17, 15) is 9.59 Å². The maximum absolute atomic E-state index is 13.1. The number of hydrogen-bond acceptors (Lipinski definition) is 6. The van der Waals surface area contributed by atoms with Gasteiger partial charge in [0.1, 0.15) is 0 Å². The molecule has 3 aromatic rings. The summed E-state index contributed by atoms with van der Waals surface area (Å²) in [6.45, 7) is 4.07. The monoisotopic (exact) mass is 382 g/mol. The first kappa shape index (κ1) is 19.3. The third-order valence-corrected chi connectivity index (χ3v) is 4.42. The first-order valence-electron chi connectivity index (χ1n) is 8.91. The van der Waals surface area contributed by atoms with Crippen molar-refractivity contribution < 1.29 is 18.7 Å². The lowest BCUT2D eigenvalue weighted by molar-refractivity contribution is -0.118. The lowest BCUT2D eigenvalue weighted by atomic mass is 10.1. The number of unbranched alkanes of at least 4 members (excludes halogenated alkanes) is 1. The van der Waals surface area contributed by atoms with Gasteiger partial charge in [0.25, 0.3) is 0 Å². The number of nitrogens with zero attached hydrogens (tertiary/aromatic N) is 4. The molecule has 146 valence electrons. The number of allylic oxidation sites excluding steroid dienone is 1. The fourth-order valence-corrected chi connectivity index (χ4v) is 3.04. The third-order valence-electron chi connectivity index (χ3n) is 4.42. The molecule has 0 saturated heterocycles. The second-order valence-electron chi connectivity index (χ2n) is 6.32. The van der Waals surface area contributed by atoms with Gasteiger partial charge in [-0.1, -0.05) is 34.5 Å². The Balaban J connectivity index is 1.86. The van der Waals surface area contributed by atoms with Crippen LogP contribution in [0.1, 0.15) is 29.1 Å². The average molecular weight is 382 g/mol. The molecule has 0 fully saturated rings. The highest BCUT2D eigenvalue weighted by Gasteiger charge is 2.25. The summed E-state index contributed by atoms with van der Waals surface area (Å²) in [5.41, 5.74) is 1.96. The van der Waals surface area contributed by atoms with Crippen LogP contribution < -0.4 is 4.90 Å². The Labute approximate surface area is 162 Å². The Bertz CT molecular complexity index is 1000. The minimum atomic E-state index is -0.744. The van der Waals surface area contributed by atoms with Crippen molar-refractivity contribution in [3.63, 3.8) is 0 Å². The standard InChI is InChI=1S/C20H22N4O4/c1-4-5-8-11-24(20-22-21-18(28-20)19(26)27-3)17(25)12-14-13-23(2)16-10-7-6-9-15(14)16/h4,6-7,9-10,13H,1,5,8,11-12H2,2-3H3. The Kier molecular flexibility index (Phi) is 5.88. The molecule has 0 saturated carbocycles. The molecule has 0 atom stereocenters. The van der Waals surface area contributed by atoms with Gasteiger partial charge in [0.05, 0.1) is 13.5 Å². The molecule has 2 aromatic heterocycles. The van der Waals surface area contributed by atoms with Crippen molar-refractivity contribution in [2.75, 3.05) is 18.6 Å². The van der Waals surface area contributed by atoms with Crippen molar-refractivity contribution >= 4 is 28.8 Å². The minimum Gasteiger partial charge on any atom is -0.462 e. The highest BCUT2D eigenvalue weighted by Crippen LogP contribution is 2.23. The van der Waals surface area contributed by atoms with E-state index in [2.05, 4.69) is 21.5 Å². The van der Waals surface area contributed by atoms with Gasteiger partial charge in [0, 0.05) is 30.7 Å². The van der Waals surface area contributed by atoms with Crippen LogP contribution in [0.2, 0.25) is 0 Å². The normalized spacial score (nSPS) is 10.8. The first-order chi connectivity index (χ1) is 13.5. The van der Waals surface area contributed by atoms with E-state index in [1.807, 2.05) is 42.1 Å². The zero-order chi connectivity index (χ0) is 20.1. The molecule has 0 bridgehead atoms. The quantitative estimate of drug-likeness (QED) is 0.338. The number of anilines is 1. The molecule has 0 unspecified atom stereocenters. The van der Waals surface area contributed by atoms with Crippen molar-refractivity contribution in [2.24, 2.45) is 7.05 Å². The minimum absolute atomic E-state index is 0.0188. The van der Waals surface area contributed by atoms with Crippen LogP contribution in [0.15, 0.2) is 47.5 Å². The molecule has 28 heavy (non-hydrogen) atoms. The molecule has 1 aromatic carbocycles. The summed E-state index contributed by atoms with van der Waals surface area (Å²) in [5, 5.41) is 8.54. The lowest BCUT2D eigenvalue weighted by Crippen LogP contribution is -2.33. The number of aromatic nitrogens is 3. The summed E-state index contributed by atoms with van der Waals surface area (Å²) in [6, 6.07) is 7.88. The molecule has 0 aliphatic rings. The number of carbonyl (C=O) groups is 2. The summed E-state index contributed by atoms with van der Waals surface area (Å²) in [5.74, 6) is -1.23. The summed E-state index contributed by atoms with van der Waals surface area (Å²) >= 11 is 0. The number of ether oxygens (including phenoxy) is 1. The maximum Gasteiger partial charge on any atom is 0.396 e. The van der Waals surface area contributed by atoms with E-state index >= 15 is 0 Å². The van der Waals surface area contributed by atoms with E-state index in [4.69, 9.17) is 4.42 Å². The summed E-state index contributed by atoms with van der Waals surface area (Å²) < 4.78 is 11.9. The fourth-order valence-electron chi connectivity index (χ4n) is 3.04. The molecular formula is C20H22N4O4. The number of hydrogen-bond donors (Lipinski definition) is 0. The molecular weight excluding hydrogens is 360 g/mol. The fraction of sp³-hybridized carbons (Fsp3) is 0.300. The molecule has 1 amide bonds. The second kappa shape index (κ2) is 8.51.